The molecular weight excluding hydrogens is 244 g/mol. The quantitative estimate of drug-likeness (QED) is 0.440. The SMILES string of the molecule is Cn1nc(-c2ccc(N)c(O)c2)c2c(N)ncnc21. The van der Waals surface area contributed by atoms with Crippen molar-refractivity contribution in [3.63, 3.8) is 0 Å². The number of hydrogen-bond donors (Lipinski definition) is 3. The van der Waals surface area contributed by atoms with Gasteiger partial charge in [-0.2, -0.15) is 5.10 Å². The monoisotopic (exact) mass is 256 g/mol. The van der Waals surface area contributed by atoms with Crippen LogP contribution in [0.1, 0.15) is 0 Å². The van der Waals surface area contributed by atoms with E-state index in [0.29, 0.717) is 33.8 Å². The lowest BCUT2D eigenvalue weighted by Crippen LogP contribution is -1.95. The Bertz CT molecular complexity index is 779. The van der Waals surface area contributed by atoms with E-state index in [-0.39, 0.29) is 5.75 Å². The third-order valence-corrected chi connectivity index (χ3v) is 2.95. The summed E-state index contributed by atoms with van der Waals surface area (Å²) in [5.41, 5.74) is 13.7. The van der Waals surface area contributed by atoms with Gasteiger partial charge < -0.3 is 16.6 Å². The van der Waals surface area contributed by atoms with Gasteiger partial charge in [-0.1, -0.05) is 6.07 Å². The number of phenols is 1. The van der Waals surface area contributed by atoms with E-state index in [9.17, 15) is 5.11 Å². The van der Waals surface area contributed by atoms with Crippen molar-refractivity contribution >= 4 is 22.5 Å². The second kappa shape index (κ2) is 3.84. The van der Waals surface area contributed by atoms with Gasteiger partial charge in [0.2, 0.25) is 0 Å². The van der Waals surface area contributed by atoms with Gasteiger partial charge in [-0.25, -0.2) is 14.6 Å². The van der Waals surface area contributed by atoms with Crippen LogP contribution in [0.4, 0.5) is 11.5 Å². The Hall–Kier alpha value is -2.83. The van der Waals surface area contributed by atoms with Crippen LogP contribution < -0.4 is 11.5 Å². The van der Waals surface area contributed by atoms with Crippen molar-refractivity contribution in [3.8, 4) is 17.0 Å². The van der Waals surface area contributed by atoms with Crippen molar-refractivity contribution < 1.29 is 5.11 Å². The Morgan fingerprint density at radius 2 is 2.00 bits per heavy atom. The Labute approximate surface area is 108 Å². The maximum Gasteiger partial charge on any atom is 0.163 e. The van der Waals surface area contributed by atoms with Gasteiger partial charge in [0, 0.05) is 12.6 Å². The van der Waals surface area contributed by atoms with E-state index in [2.05, 4.69) is 15.1 Å². The molecular formula is C12H12N6O. The number of aryl methyl sites for hydroxylation is 1. The average molecular weight is 256 g/mol. The Morgan fingerprint density at radius 1 is 1.21 bits per heavy atom. The predicted molar refractivity (Wildman–Crippen MR) is 72.2 cm³/mol. The Kier molecular flexibility index (Phi) is 2.28. The van der Waals surface area contributed by atoms with Crippen molar-refractivity contribution in [1.29, 1.82) is 0 Å². The molecule has 0 aliphatic carbocycles. The predicted octanol–water partition coefficient (Wildman–Crippen LogP) is 0.900. The van der Waals surface area contributed by atoms with Crippen molar-refractivity contribution in [2.45, 2.75) is 0 Å². The van der Waals surface area contributed by atoms with Gasteiger partial charge in [-0.05, 0) is 12.1 Å². The summed E-state index contributed by atoms with van der Waals surface area (Å²) >= 11 is 0. The molecule has 0 bridgehead atoms. The molecule has 0 aliphatic rings. The first kappa shape index (κ1) is 11.3. The van der Waals surface area contributed by atoms with E-state index in [1.807, 2.05) is 0 Å². The molecule has 7 heteroatoms. The van der Waals surface area contributed by atoms with Crippen LogP contribution in [0.25, 0.3) is 22.3 Å². The molecule has 96 valence electrons. The molecule has 0 atom stereocenters. The van der Waals surface area contributed by atoms with Gasteiger partial charge in [0.05, 0.1) is 11.1 Å². The van der Waals surface area contributed by atoms with Crippen molar-refractivity contribution in [1.82, 2.24) is 19.7 Å². The number of nitrogen functional groups attached to an aromatic ring is 2. The van der Waals surface area contributed by atoms with Crippen molar-refractivity contribution in [3.05, 3.63) is 24.5 Å². The second-order valence-corrected chi connectivity index (χ2v) is 4.20. The fraction of sp³-hybridized carbons (Fsp3) is 0.0833. The lowest BCUT2D eigenvalue weighted by molar-refractivity contribution is 0.478. The molecule has 2 heterocycles. The number of fused-ring (bicyclic) bond motifs is 1. The molecule has 0 saturated carbocycles. The molecule has 3 rings (SSSR count). The summed E-state index contributed by atoms with van der Waals surface area (Å²) < 4.78 is 1.62. The maximum atomic E-state index is 9.69. The topological polar surface area (TPSA) is 116 Å². The van der Waals surface area contributed by atoms with Gasteiger partial charge in [0.15, 0.2) is 5.65 Å². The molecule has 0 radical (unpaired) electrons. The lowest BCUT2D eigenvalue weighted by Gasteiger charge is -2.02. The summed E-state index contributed by atoms with van der Waals surface area (Å²) in [4.78, 5) is 8.12. The lowest BCUT2D eigenvalue weighted by atomic mass is 10.1. The van der Waals surface area contributed by atoms with Crippen molar-refractivity contribution in [2.75, 3.05) is 11.5 Å². The number of nitrogens with zero attached hydrogens (tertiary/aromatic N) is 4. The molecule has 0 aliphatic heterocycles. The van der Waals surface area contributed by atoms with E-state index in [1.54, 1.807) is 29.9 Å². The van der Waals surface area contributed by atoms with Gasteiger partial charge in [0.1, 0.15) is 23.6 Å². The van der Waals surface area contributed by atoms with Crippen LogP contribution in [0.15, 0.2) is 24.5 Å². The molecule has 0 amide bonds. The molecule has 0 saturated heterocycles. The summed E-state index contributed by atoms with van der Waals surface area (Å²) in [5.74, 6) is 0.358. The highest BCUT2D eigenvalue weighted by Gasteiger charge is 2.15. The van der Waals surface area contributed by atoms with Crippen molar-refractivity contribution in [2.24, 2.45) is 7.05 Å². The largest absolute Gasteiger partial charge is 0.506 e. The molecule has 3 aromatic rings. The Balaban J connectivity index is 2.33. The maximum absolute atomic E-state index is 9.69. The van der Waals surface area contributed by atoms with Gasteiger partial charge in [0.25, 0.3) is 0 Å². The van der Waals surface area contributed by atoms with E-state index in [1.165, 1.54) is 6.33 Å². The highest BCUT2D eigenvalue weighted by Crippen LogP contribution is 2.33. The highest BCUT2D eigenvalue weighted by molar-refractivity contribution is 5.98. The molecule has 0 spiro atoms. The average Bonchev–Trinajstić information content (AvgIpc) is 2.72. The first-order chi connectivity index (χ1) is 9.08. The van der Waals surface area contributed by atoms with E-state index in [4.69, 9.17) is 11.5 Å². The number of aromatic hydroxyl groups is 1. The summed E-state index contributed by atoms with van der Waals surface area (Å²) in [6.07, 6.45) is 1.39. The van der Waals surface area contributed by atoms with Crippen LogP contribution in [-0.4, -0.2) is 24.9 Å². The van der Waals surface area contributed by atoms with Crippen LogP contribution in [0, 0.1) is 0 Å². The molecule has 5 N–H and O–H groups in total. The summed E-state index contributed by atoms with van der Waals surface area (Å²) in [6.45, 7) is 0. The number of phenolic OH excluding ortho intramolecular Hbond substituents is 1. The zero-order valence-electron chi connectivity index (χ0n) is 10.2. The number of aromatic nitrogens is 4. The molecule has 0 fully saturated rings. The number of hydrogen-bond acceptors (Lipinski definition) is 6. The summed E-state index contributed by atoms with van der Waals surface area (Å²) in [5, 5.41) is 14.7. The second-order valence-electron chi connectivity index (χ2n) is 4.20. The third kappa shape index (κ3) is 1.63. The smallest absolute Gasteiger partial charge is 0.163 e. The molecule has 7 nitrogen and oxygen atoms in total. The molecule has 2 aromatic heterocycles. The minimum atomic E-state index is 0.00623. The van der Waals surface area contributed by atoms with Crippen LogP contribution in [0.5, 0.6) is 5.75 Å². The zero-order chi connectivity index (χ0) is 13.6. The van der Waals surface area contributed by atoms with E-state index >= 15 is 0 Å². The molecule has 19 heavy (non-hydrogen) atoms. The van der Waals surface area contributed by atoms with Gasteiger partial charge >= 0.3 is 0 Å². The summed E-state index contributed by atoms with van der Waals surface area (Å²) in [7, 11) is 1.77. The fourth-order valence-electron chi connectivity index (χ4n) is 2.00. The first-order valence-electron chi connectivity index (χ1n) is 5.60. The van der Waals surface area contributed by atoms with Crippen LogP contribution in [0.3, 0.4) is 0 Å². The van der Waals surface area contributed by atoms with Crippen LogP contribution in [0.2, 0.25) is 0 Å². The minimum absolute atomic E-state index is 0.00623. The van der Waals surface area contributed by atoms with Gasteiger partial charge in [-0.3, -0.25) is 0 Å². The van der Waals surface area contributed by atoms with Crippen LogP contribution >= 0.6 is 0 Å². The standard InChI is InChI=1S/C12H12N6O/c1-18-12-9(11(14)15-5-16-12)10(17-18)6-2-3-7(13)8(19)4-6/h2-5,19H,13H2,1H3,(H2,14,15,16). The van der Waals surface area contributed by atoms with E-state index < -0.39 is 0 Å². The number of rotatable bonds is 1. The number of benzene rings is 1. The summed E-state index contributed by atoms with van der Waals surface area (Å²) in [6, 6.07) is 4.93. The van der Waals surface area contributed by atoms with E-state index in [0.717, 1.165) is 0 Å². The number of nitrogens with two attached hydrogens (primary N) is 2. The first-order valence-corrected chi connectivity index (χ1v) is 5.60. The molecule has 0 unspecified atom stereocenters. The highest BCUT2D eigenvalue weighted by atomic mass is 16.3. The molecule has 1 aromatic carbocycles. The fourth-order valence-corrected chi connectivity index (χ4v) is 2.00. The minimum Gasteiger partial charge on any atom is -0.506 e. The third-order valence-electron chi connectivity index (χ3n) is 2.95. The van der Waals surface area contributed by atoms with Crippen LogP contribution in [-0.2, 0) is 7.05 Å². The zero-order valence-corrected chi connectivity index (χ0v) is 10.2. The Morgan fingerprint density at radius 3 is 2.74 bits per heavy atom. The number of anilines is 2. The van der Waals surface area contributed by atoms with Gasteiger partial charge in [-0.15, -0.1) is 0 Å². The normalized spacial score (nSPS) is 11.0.